The van der Waals surface area contributed by atoms with Crippen molar-refractivity contribution in [2.45, 2.75) is 26.7 Å². The van der Waals surface area contributed by atoms with Crippen LogP contribution in [0.25, 0.3) is 0 Å². The van der Waals surface area contributed by atoms with Crippen molar-refractivity contribution in [3.63, 3.8) is 0 Å². The SMILES string of the molecule is CCc1cccc(OCCC(=O)Nc2cc(N)ccc2C)c1. The topological polar surface area (TPSA) is 64.3 Å². The maximum absolute atomic E-state index is 12.0. The Morgan fingerprint density at radius 2 is 2.05 bits per heavy atom. The molecule has 0 saturated carbocycles. The smallest absolute Gasteiger partial charge is 0.227 e. The molecule has 2 rings (SSSR count). The van der Waals surface area contributed by atoms with E-state index in [-0.39, 0.29) is 5.91 Å². The molecule has 0 aromatic heterocycles. The minimum Gasteiger partial charge on any atom is -0.493 e. The van der Waals surface area contributed by atoms with Crippen molar-refractivity contribution in [1.82, 2.24) is 0 Å². The second-order valence-electron chi connectivity index (χ2n) is 5.22. The Balaban J connectivity index is 1.84. The summed E-state index contributed by atoms with van der Waals surface area (Å²) >= 11 is 0. The fourth-order valence-electron chi connectivity index (χ4n) is 2.10. The van der Waals surface area contributed by atoms with Gasteiger partial charge in [-0.25, -0.2) is 0 Å². The van der Waals surface area contributed by atoms with Gasteiger partial charge in [-0.2, -0.15) is 0 Å². The monoisotopic (exact) mass is 298 g/mol. The number of nitrogen functional groups attached to an aromatic ring is 1. The van der Waals surface area contributed by atoms with E-state index in [1.807, 2.05) is 37.3 Å². The summed E-state index contributed by atoms with van der Waals surface area (Å²) in [5, 5.41) is 2.86. The number of carbonyl (C=O) groups excluding carboxylic acids is 1. The molecule has 0 heterocycles. The summed E-state index contributed by atoms with van der Waals surface area (Å²) in [5.74, 6) is 0.715. The molecule has 116 valence electrons. The lowest BCUT2D eigenvalue weighted by Crippen LogP contribution is -2.16. The Morgan fingerprint density at radius 1 is 1.23 bits per heavy atom. The summed E-state index contributed by atoms with van der Waals surface area (Å²) in [6, 6.07) is 13.4. The fraction of sp³-hybridized carbons (Fsp3) is 0.278. The molecule has 0 saturated heterocycles. The highest BCUT2D eigenvalue weighted by molar-refractivity contribution is 5.92. The summed E-state index contributed by atoms with van der Waals surface area (Å²) < 4.78 is 5.63. The van der Waals surface area contributed by atoms with Gasteiger partial charge in [-0.05, 0) is 48.7 Å². The predicted octanol–water partition coefficient (Wildman–Crippen LogP) is 3.55. The number of nitrogens with one attached hydrogen (secondary N) is 1. The molecule has 2 aromatic rings. The van der Waals surface area contributed by atoms with Crippen LogP contribution in [0.3, 0.4) is 0 Å². The first-order valence-corrected chi connectivity index (χ1v) is 7.46. The molecule has 0 unspecified atom stereocenters. The first-order chi connectivity index (χ1) is 10.6. The van der Waals surface area contributed by atoms with Crippen LogP contribution in [0.15, 0.2) is 42.5 Å². The predicted molar refractivity (Wildman–Crippen MR) is 90.2 cm³/mol. The zero-order valence-corrected chi connectivity index (χ0v) is 13.1. The molecule has 0 aliphatic rings. The highest BCUT2D eigenvalue weighted by Gasteiger charge is 2.06. The van der Waals surface area contributed by atoms with Gasteiger partial charge in [0, 0.05) is 11.4 Å². The number of amides is 1. The van der Waals surface area contributed by atoms with E-state index in [2.05, 4.69) is 18.3 Å². The molecule has 4 heteroatoms. The first-order valence-electron chi connectivity index (χ1n) is 7.46. The summed E-state index contributed by atoms with van der Waals surface area (Å²) in [6.07, 6.45) is 1.26. The molecule has 22 heavy (non-hydrogen) atoms. The van der Waals surface area contributed by atoms with Crippen LogP contribution in [-0.4, -0.2) is 12.5 Å². The number of nitrogens with two attached hydrogens (primary N) is 1. The number of ether oxygens (including phenoxy) is 1. The Morgan fingerprint density at radius 3 is 2.82 bits per heavy atom. The highest BCUT2D eigenvalue weighted by Crippen LogP contribution is 2.18. The molecule has 0 spiro atoms. The normalized spacial score (nSPS) is 10.3. The van der Waals surface area contributed by atoms with E-state index in [1.165, 1.54) is 5.56 Å². The standard InChI is InChI=1S/C18H22N2O2/c1-3-14-5-4-6-16(11-14)22-10-9-18(21)20-17-12-15(19)8-7-13(17)2/h4-8,11-12H,3,9-10,19H2,1-2H3,(H,20,21). The van der Waals surface area contributed by atoms with Crippen molar-refractivity contribution in [3.8, 4) is 5.75 Å². The van der Waals surface area contributed by atoms with Crippen LogP contribution in [0.5, 0.6) is 5.75 Å². The summed E-state index contributed by atoms with van der Waals surface area (Å²) in [6.45, 7) is 4.38. The molecule has 4 nitrogen and oxygen atoms in total. The molecule has 0 bridgehead atoms. The Bertz CT molecular complexity index is 653. The number of anilines is 2. The maximum Gasteiger partial charge on any atom is 0.227 e. The molecule has 0 aliphatic carbocycles. The van der Waals surface area contributed by atoms with E-state index in [4.69, 9.17) is 10.5 Å². The number of aryl methyl sites for hydroxylation is 2. The zero-order valence-electron chi connectivity index (χ0n) is 13.1. The van der Waals surface area contributed by atoms with E-state index in [0.29, 0.717) is 18.7 Å². The molecule has 0 radical (unpaired) electrons. The van der Waals surface area contributed by atoms with E-state index in [1.54, 1.807) is 6.07 Å². The third-order valence-corrected chi connectivity index (χ3v) is 3.44. The largest absolute Gasteiger partial charge is 0.493 e. The van der Waals surface area contributed by atoms with E-state index in [0.717, 1.165) is 23.4 Å². The number of carbonyl (C=O) groups is 1. The van der Waals surface area contributed by atoms with Gasteiger partial charge in [0.25, 0.3) is 0 Å². The van der Waals surface area contributed by atoms with Crippen LogP contribution in [0.2, 0.25) is 0 Å². The molecular formula is C18H22N2O2. The van der Waals surface area contributed by atoms with Crippen molar-refractivity contribution in [3.05, 3.63) is 53.6 Å². The Hall–Kier alpha value is -2.49. The lowest BCUT2D eigenvalue weighted by atomic mass is 10.1. The van der Waals surface area contributed by atoms with Gasteiger partial charge in [0.1, 0.15) is 5.75 Å². The van der Waals surface area contributed by atoms with Crippen molar-refractivity contribution in [2.24, 2.45) is 0 Å². The average Bonchev–Trinajstić information content (AvgIpc) is 2.51. The molecule has 1 amide bonds. The van der Waals surface area contributed by atoms with Gasteiger partial charge in [-0.3, -0.25) is 4.79 Å². The minimum absolute atomic E-state index is 0.0830. The van der Waals surface area contributed by atoms with Gasteiger partial charge >= 0.3 is 0 Å². The molecule has 0 atom stereocenters. The van der Waals surface area contributed by atoms with Crippen LogP contribution < -0.4 is 15.8 Å². The number of hydrogen-bond acceptors (Lipinski definition) is 3. The van der Waals surface area contributed by atoms with Crippen molar-refractivity contribution in [1.29, 1.82) is 0 Å². The number of hydrogen-bond donors (Lipinski definition) is 2. The van der Waals surface area contributed by atoms with Gasteiger partial charge in [0.05, 0.1) is 13.0 Å². The quantitative estimate of drug-likeness (QED) is 0.802. The van der Waals surface area contributed by atoms with Crippen LogP contribution in [0.1, 0.15) is 24.5 Å². The van der Waals surface area contributed by atoms with Crippen LogP contribution in [-0.2, 0) is 11.2 Å². The van der Waals surface area contributed by atoms with E-state index in [9.17, 15) is 4.79 Å². The van der Waals surface area contributed by atoms with Gasteiger partial charge in [0.15, 0.2) is 0 Å². The average molecular weight is 298 g/mol. The summed E-state index contributed by atoms with van der Waals surface area (Å²) in [5.41, 5.74) is 9.32. The van der Waals surface area contributed by atoms with Crippen molar-refractivity contribution >= 4 is 17.3 Å². The van der Waals surface area contributed by atoms with Gasteiger partial charge in [-0.15, -0.1) is 0 Å². The summed E-state index contributed by atoms with van der Waals surface area (Å²) in [4.78, 5) is 12.0. The lowest BCUT2D eigenvalue weighted by Gasteiger charge is -2.10. The first kappa shape index (κ1) is 15.9. The van der Waals surface area contributed by atoms with Gasteiger partial charge in [0.2, 0.25) is 5.91 Å². The Kier molecular flexibility index (Phi) is 5.42. The molecule has 0 fully saturated rings. The fourth-order valence-corrected chi connectivity index (χ4v) is 2.10. The molecule has 2 aromatic carbocycles. The molecule has 3 N–H and O–H groups in total. The Labute approximate surface area is 131 Å². The highest BCUT2D eigenvalue weighted by atomic mass is 16.5. The third-order valence-electron chi connectivity index (χ3n) is 3.44. The molecular weight excluding hydrogens is 276 g/mol. The summed E-state index contributed by atoms with van der Waals surface area (Å²) in [7, 11) is 0. The third kappa shape index (κ3) is 4.52. The van der Waals surface area contributed by atoms with Crippen molar-refractivity contribution < 1.29 is 9.53 Å². The minimum atomic E-state index is -0.0830. The second kappa shape index (κ2) is 7.50. The van der Waals surface area contributed by atoms with Gasteiger partial charge in [-0.1, -0.05) is 25.1 Å². The van der Waals surface area contributed by atoms with Crippen LogP contribution in [0.4, 0.5) is 11.4 Å². The van der Waals surface area contributed by atoms with Crippen molar-refractivity contribution in [2.75, 3.05) is 17.7 Å². The van der Waals surface area contributed by atoms with E-state index >= 15 is 0 Å². The maximum atomic E-state index is 12.0. The number of rotatable bonds is 6. The zero-order chi connectivity index (χ0) is 15.9. The second-order valence-corrected chi connectivity index (χ2v) is 5.22. The van der Waals surface area contributed by atoms with E-state index < -0.39 is 0 Å². The lowest BCUT2D eigenvalue weighted by molar-refractivity contribution is -0.116. The van der Waals surface area contributed by atoms with Gasteiger partial charge < -0.3 is 15.8 Å². The van der Waals surface area contributed by atoms with Crippen LogP contribution in [0, 0.1) is 6.92 Å². The van der Waals surface area contributed by atoms with Crippen LogP contribution >= 0.6 is 0 Å². The number of benzene rings is 2. The molecule has 0 aliphatic heterocycles.